The van der Waals surface area contributed by atoms with Gasteiger partial charge in [-0.2, -0.15) is 0 Å². The number of benzene rings is 1. The van der Waals surface area contributed by atoms with Gasteiger partial charge in [-0.3, -0.25) is 0 Å². The Morgan fingerprint density at radius 2 is 2.06 bits per heavy atom. The lowest BCUT2D eigenvalue weighted by atomic mass is 10.1. The summed E-state index contributed by atoms with van der Waals surface area (Å²) in [6.07, 6.45) is 3.62. The summed E-state index contributed by atoms with van der Waals surface area (Å²) in [7, 11) is -3.35. The molecule has 5 heteroatoms. The molecule has 0 radical (unpaired) electrons. The SMILES string of the molecule is CCC(Br)Cc1ccccc1S(=O)(=O)NC1CC1. The van der Waals surface area contributed by atoms with E-state index in [1.54, 1.807) is 12.1 Å². The summed E-state index contributed by atoms with van der Waals surface area (Å²) in [5.74, 6) is 0. The van der Waals surface area contributed by atoms with Gasteiger partial charge in [0, 0.05) is 10.9 Å². The van der Waals surface area contributed by atoms with Crippen LogP contribution in [0.25, 0.3) is 0 Å². The number of sulfonamides is 1. The summed E-state index contributed by atoms with van der Waals surface area (Å²) in [5.41, 5.74) is 0.884. The molecule has 1 unspecified atom stereocenters. The van der Waals surface area contributed by atoms with Crippen LogP contribution in [0.4, 0.5) is 0 Å². The van der Waals surface area contributed by atoms with Gasteiger partial charge in [-0.05, 0) is 37.3 Å². The molecule has 100 valence electrons. The highest BCUT2D eigenvalue weighted by molar-refractivity contribution is 9.09. The largest absolute Gasteiger partial charge is 0.241 e. The van der Waals surface area contributed by atoms with Crippen molar-refractivity contribution in [1.82, 2.24) is 4.72 Å². The fraction of sp³-hybridized carbons (Fsp3) is 0.538. The molecule has 1 N–H and O–H groups in total. The van der Waals surface area contributed by atoms with E-state index in [0.29, 0.717) is 9.72 Å². The number of halogens is 1. The van der Waals surface area contributed by atoms with Crippen molar-refractivity contribution in [2.24, 2.45) is 0 Å². The molecule has 1 aromatic carbocycles. The highest BCUT2D eigenvalue weighted by Crippen LogP contribution is 2.25. The fourth-order valence-corrected chi connectivity index (χ4v) is 3.71. The van der Waals surface area contributed by atoms with E-state index in [1.165, 1.54) is 0 Å². The van der Waals surface area contributed by atoms with E-state index < -0.39 is 10.0 Å². The lowest BCUT2D eigenvalue weighted by Gasteiger charge is -2.13. The highest BCUT2D eigenvalue weighted by Gasteiger charge is 2.29. The van der Waals surface area contributed by atoms with E-state index in [-0.39, 0.29) is 6.04 Å². The van der Waals surface area contributed by atoms with E-state index >= 15 is 0 Å². The van der Waals surface area contributed by atoms with Gasteiger partial charge in [-0.15, -0.1) is 0 Å². The fourth-order valence-electron chi connectivity index (χ4n) is 1.80. The Morgan fingerprint density at radius 1 is 1.39 bits per heavy atom. The zero-order valence-electron chi connectivity index (χ0n) is 10.4. The molecule has 1 aliphatic rings. The van der Waals surface area contributed by atoms with Crippen LogP contribution in [0.15, 0.2) is 29.2 Å². The van der Waals surface area contributed by atoms with Crippen molar-refractivity contribution in [3.8, 4) is 0 Å². The lowest BCUT2D eigenvalue weighted by molar-refractivity contribution is 0.579. The van der Waals surface area contributed by atoms with Crippen LogP contribution in [0.3, 0.4) is 0 Å². The molecule has 1 aliphatic carbocycles. The predicted molar refractivity (Wildman–Crippen MR) is 76.5 cm³/mol. The van der Waals surface area contributed by atoms with E-state index in [4.69, 9.17) is 0 Å². The quantitative estimate of drug-likeness (QED) is 0.814. The van der Waals surface area contributed by atoms with Gasteiger partial charge in [0.15, 0.2) is 0 Å². The Hall–Kier alpha value is -0.390. The molecule has 1 fully saturated rings. The van der Waals surface area contributed by atoms with Crippen LogP contribution in [0.2, 0.25) is 0 Å². The van der Waals surface area contributed by atoms with Gasteiger partial charge < -0.3 is 0 Å². The van der Waals surface area contributed by atoms with Gasteiger partial charge in [0.25, 0.3) is 0 Å². The molecule has 0 aromatic heterocycles. The molecule has 0 bridgehead atoms. The number of nitrogens with one attached hydrogen (secondary N) is 1. The van der Waals surface area contributed by atoms with Crippen LogP contribution in [0.5, 0.6) is 0 Å². The summed E-state index contributed by atoms with van der Waals surface area (Å²) in [6, 6.07) is 7.40. The van der Waals surface area contributed by atoms with Crippen molar-refractivity contribution in [2.45, 2.75) is 48.4 Å². The molecule has 2 rings (SSSR count). The summed E-state index contributed by atoms with van der Waals surface area (Å²) >= 11 is 3.56. The second-order valence-electron chi connectivity index (χ2n) is 4.71. The third-order valence-corrected chi connectivity index (χ3v) is 5.64. The van der Waals surface area contributed by atoms with Crippen LogP contribution in [-0.4, -0.2) is 19.3 Å². The van der Waals surface area contributed by atoms with Crippen molar-refractivity contribution >= 4 is 26.0 Å². The second-order valence-corrected chi connectivity index (χ2v) is 7.69. The van der Waals surface area contributed by atoms with Crippen LogP contribution >= 0.6 is 15.9 Å². The first-order valence-corrected chi connectivity index (χ1v) is 8.67. The van der Waals surface area contributed by atoms with Crippen molar-refractivity contribution in [3.05, 3.63) is 29.8 Å². The van der Waals surface area contributed by atoms with Crippen LogP contribution in [0.1, 0.15) is 31.7 Å². The number of hydrogen-bond donors (Lipinski definition) is 1. The Balaban J connectivity index is 2.25. The minimum Gasteiger partial charge on any atom is -0.208 e. The van der Waals surface area contributed by atoms with Crippen LogP contribution < -0.4 is 4.72 Å². The molecule has 3 nitrogen and oxygen atoms in total. The average molecular weight is 332 g/mol. The zero-order valence-corrected chi connectivity index (χ0v) is 12.8. The zero-order chi connectivity index (χ0) is 13.2. The van der Waals surface area contributed by atoms with Crippen LogP contribution in [0, 0.1) is 0 Å². The Kier molecular flexibility index (Phi) is 4.45. The topological polar surface area (TPSA) is 46.2 Å². The first kappa shape index (κ1) is 14.0. The maximum atomic E-state index is 12.2. The third-order valence-electron chi connectivity index (χ3n) is 3.05. The molecular formula is C13H18BrNO2S. The monoisotopic (exact) mass is 331 g/mol. The van der Waals surface area contributed by atoms with Gasteiger partial charge in [0.1, 0.15) is 0 Å². The van der Waals surface area contributed by atoms with Gasteiger partial charge in [0.2, 0.25) is 10.0 Å². The maximum absolute atomic E-state index is 12.2. The van der Waals surface area contributed by atoms with Crippen molar-refractivity contribution in [2.75, 3.05) is 0 Å². The number of hydrogen-bond acceptors (Lipinski definition) is 2. The molecule has 1 atom stereocenters. The molecule has 1 saturated carbocycles. The van der Waals surface area contributed by atoms with Gasteiger partial charge in [-0.25, -0.2) is 13.1 Å². The van der Waals surface area contributed by atoms with Crippen LogP contribution in [-0.2, 0) is 16.4 Å². The molecule has 1 aromatic rings. The molecule has 0 heterocycles. The van der Waals surface area contributed by atoms with Crippen molar-refractivity contribution in [3.63, 3.8) is 0 Å². The van der Waals surface area contributed by atoms with Crippen molar-refractivity contribution < 1.29 is 8.42 Å². The van der Waals surface area contributed by atoms with E-state index in [1.807, 2.05) is 12.1 Å². The first-order valence-electron chi connectivity index (χ1n) is 6.27. The molecule has 0 aliphatic heterocycles. The summed E-state index contributed by atoms with van der Waals surface area (Å²) in [5, 5.41) is 0. The minimum atomic E-state index is -3.35. The van der Waals surface area contributed by atoms with Gasteiger partial charge >= 0.3 is 0 Å². The average Bonchev–Trinajstić information content (AvgIpc) is 3.12. The van der Waals surface area contributed by atoms with Gasteiger partial charge in [0.05, 0.1) is 4.90 Å². The van der Waals surface area contributed by atoms with Gasteiger partial charge in [-0.1, -0.05) is 41.1 Å². The summed E-state index contributed by atoms with van der Waals surface area (Å²) < 4.78 is 27.2. The molecule has 0 amide bonds. The number of rotatable bonds is 6. The molecular weight excluding hydrogens is 314 g/mol. The Labute approximate surface area is 117 Å². The minimum absolute atomic E-state index is 0.147. The number of alkyl halides is 1. The predicted octanol–water partition coefficient (Wildman–Crippen LogP) is 2.84. The first-order chi connectivity index (χ1) is 8.53. The highest BCUT2D eigenvalue weighted by atomic mass is 79.9. The van der Waals surface area contributed by atoms with E-state index in [9.17, 15) is 8.42 Å². The third kappa shape index (κ3) is 3.56. The normalized spacial score (nSPS) is 17.7. The van der Waals surface area contributed by atoms with Crippen molar-refractivity contribution in [1.29, 1.82) is 0 Å². The van der Waals surface area contributed by atoms with E-state index in [2.05, 4.69) is 27.6 Å². The summed E-state index contributed by atoms with van der Waals surface area (Å²) in [4.78, 5) is 0.740. The molecule has 0 spiro atoms. The summed E-state index contributed by atoms with van der Waals surface area (Å²) in [6.45, 7) is 2.08. The standard InChI is InChI=1S/C13H18BrNO2S/c1-2-11(14)9-10-5-3-4-6-13(10)18(16,17)15-12-7-8-12/h3-6,11-12,15H,2,7-9H2,1H3. The second kappa shape index (κ2) is 5.72. The maximum Gasteiger partial charge on any atom is 0.241 e. The van der Waals surface area contributed by atoms with E-state index in [0.717, 1.165) is 31.2 Å². The Morgan fingerprint density at radius 3 is 2.67 bits per heavy atom. The Bertz CT molecular complexity index is 511. The molecule has 0 saturated heterocycles. The smallest absolute Gasteiger partial charge is 0.208 e. The molecule has 18 heavy (non-hydrogen) atoms. The lowest BCUT2D eigenvalue weighted by Crippen LogP contribution is -2.27.